The highest BCUT2D eigenvalue weighted by atomic mass is 31.0. The van der Waals surface area contributed by atoms with Crippen molar-refractivity contribution in [3.05, 3.63) is 93.1 Å². The molecule has 2 nitrogen and oxygen atoms in total. The summed E-state index contributed by atoms with van der Waals surface area (Å²) in [6.45, 7) is 17.2. The van der Waals surface area contributed by atoms with Gasteiger partial charge in [-0.05, 0) is 103 Å². The Morgan fingerprint density at radius 2 is 1.69 bits per heavy atom. The van der Waals surface area contributed by atoms with E-state index in [0.29, 0.717) is 0 Å². The molecule has 1 heterocycles. The summed E-state index contributed by atoms with van der Waals surface area (Å²) in [5.41, 5.74) is 8.37. The van der Waals surface area contributed by atoms with E-state index in [2.05, 4.69) is 53.3 Å². The fraction of sp³-hybridized carbons (Fsp3) is 0.269. The maximum atomic E-state index is 11.1. The lowest BCUT2D eigenvalue weighted by atomic mass is 9.91. The minimum absolute atomic E-state index is 0.289. The van der Waals surface area contributed by atoms with Gasteiger partial charge in [-0.25, -0.2) is 4.79 Å². The van der Waals surface area contributed by atoms with Crippen molar-refractivity contribution in [2.75, 3.05) is 0 Å². The molecule has 0 bridgehead atoms. The number of aromatic carboxylic acids is 1. The first kappa shape index (κ1) is 22.7. The number of carbonyl (C=O) groups is 1. The third-order valence-electron chi connectivity index (χ3n) is 5.40. The SMILES string of the molecule is C=C(/C(C)=C\C(=C/C)c1c(C)[pH]c(CC)c1C)/C(=C\C)c1ccc(C(=O)O)cc1. The van der Waals surface area contributed by atoms with Crippen LogP contribution in [0, 0.1) is 13.8 Å². The average molecular weight is 407 g/mol. The lowest BCUT2D eigenvalue weighted by Gasteiger charge is -2.14. The highest BCUT2D eigenvalue weighted by Crippen LogP contribution is 2.38. The number of aryl methyl sites for hydroxylation is 2. The van der Waals surface area contributed by atoms with Gasteiger partial charge in [0.05, 0.1) is 5.56 Å². The molecule has 0 spiro atoms. The molecule has 3 heteroatoms. The maximum absolute atomic E-state index is 11.1. The molecule has 0 aliphatic heterocycles. The minimum Gasteiger partial charge on any atom is -0.478 e. The zero-order valence-electron chi connectivity index (χ0n) is 18.3. The molecule has 1 aromatic carbocycles. The molecule has 2 rings (SSSR count). The number of rotatable bonds is 7. The summed E-state index contributed by atoms with van der Waals surface area (Å²) in [4.78, 5) is 11.1. The summed E-state index contributed by atoms with van der Waals surface area (Å²) < 4.78 is 0. The van der Waals surface area contributed by atoms with Gasteiger partial charge in [0.1, 0.15) is 0 Å². The fourth-order valence-electron chi connectivity index (χ4n) is 3.74. The summed E-state index contributed by atoms with van der Waals surface area (Å²) >= 11 is 0. The van der Waals surface area contributed by atoms with E-state index in [-0.39, 0.29) is 5.56 Å². The smallest absolute Gasteiger partial charge is 0.335 e. The van der Waals surface area contributed by atoms with Crippen molar-refractivity contribution in [1.82, 2.24) is 0 Å². The summed E-state index contributed by atoms with van der Waals surface area (Å²) in [5.74, 6) is -0.915. The first-order valence-corrected chi connectivity index (χ1v) is 11.0. The zero-order chi connectivity index (χ0) is 21.7. The van der Waals surface area contributed by atoms with Gasteiger partial charge in [0.25, 0.3) is 0 Å². The standard InChI is InChI=1S/C26H31O2P/c1-8-20(25-18(6)24(10-3)29-19(25)7)15-16(4)17(5)23(9-2)21-11-13-22(14-12-21)26(27)28/h8-9,11-15,29H,5,10H2,1-4,6-7H3,(H,27,28)/b16-15-,20-8+,23-9+. The van der Waals surface area contributed by atoms with Crippen molar-refractivity contribution in [2.24, 2.45) is 0 Å². The number of benzene rings is 1. The van der Waals surface area contributed by atoms with Gasteiger partial charge in [-0.2, -0.15) is 0 Å². The van der Waals surface area contributed by atoms with Crippen LogP contribution in [0.3, 0.4) is 0 Å². The van der Waals surface area contributed by atoms with Crippen LogP contribution in [-0.2, 0) is 6.42 Å². The predicted molar refractivity (Wildman–Crippen MR) is 128 cm³/mol. The molecule has 0 aliphatic carbocycles. The second kappa shape index (κ2) is 9.76. The number of carboxylic acid groups (broad SMARTS) is 1. The van der Waals surface area contributed by atoms with Crippen LogP contribution in [0.1, 0.15) is 65.3 Å². The first-order chi connectivity index (χ1) is 13.7. The van der Waals surface area contributed by atoms with Gasteiger partial charge in [-0.3, -0.25) is 0 Å². The van der Waals surface area contributed by atoms with Crippen LogP contribution >= 0.6 is 8.19 Å². The zero-order valence-corrected chi connectivity index (χ0v) is 19.3. The Morgan fingerprint density at radius 1 is 1.10 bits per heavy atom. The van der Waals surface area contributed by atoms with Gasteiger partial charge < -0.3 is 5.11 Å². The predicted octanol–water partition coefficient (Wildman–Crippen LogP) is 7.60. The van der Waals surface area contributed by atoms with E-state index in [4.69, 9.17) is 5.11 Å². The lowest BCUT2D eigenvalue weighted by Crippen LogP contribution is -1.97. The number of allylic oxidation sites excluding steroid dienone is 7. The largest absolute Gasteiger partial charge is 0.478 e. The van der Waals surface area contributed by atoms with Gasteiger partial charge in [0.15, 0.2) is 0 Å². The molecule has 1 aromatic heterocycles. The monoisotopic (exact) mass is 406 g/mol. The summed E-state index contributed by atoms with van der Waals surface area (Å²) in [6.07, 6.45) is 7.54. The van der Waals surface area contributed by atoms with E-state index < -0.39 is 5.97 Å². The summed E-state index contributed by atoms with van der Waals surface area (Å²) in [6, 6.07) is 6.97. The minimum atomic E-state index is -0.915. The normalized spacial score (nSPS) is 13.2. The third-order valence-corrected chi connectivity index (χ3v) is 7.05. The third kappa shape index (κ3) is 4.89. The van der Waals surface area contributed by atoms with Crippen molar-refractivity contribution in [1.29, 1.82) is 0 Å². The number of hydrogen-bond acceptors (Lipinski definition) is 1. The Morgan fingerprint density at radius 3 is 2.14 bits per heavy atom. The van der Waals surface area contributed by atoms with E-state index in [1.807, 2.05) is 25.1 Å². The molecule has 0 amide bonds. The second-order valence-corrected chi connectivity index (χ2v) is 8.82. The van der Waals surface area contributed by atoms with E-state index in [9.17, 15) is 4.79 Å². The highest BCUT2D eigenvalue weighted by molar-refractivity contribution is 7.32. The lowest BCUT2D eigenvalue weighted by molar-refractivity contribution is 0.0697. The van der Waals surface area contributed by atoms with Crippen molar-refractivity contribution >= 4 is 25.3 Å². The van der Waals surface area contributed by atoms with E-state index in [1.54, 1.807) is 17.4 Å². The van der Waals surface area contributed by atoms with Crippen molar-refractivity contribution in [3.63, 3.8) is 0 Å². The molecule has 1 N–H and O–H groups in total. The van der Waals surface area contributed by atoms with Crippen LogP contribution in [0.25, 0.3) is 11.1 Å². The van der Waals surface area contributed by atoms with Gasteiger partial charge >= 0.3 is 5.97 Å². The molecule has 0 saturated heterocycles. The Hall–Kier alpha value is -2.57. The Bertz CT molecular complexity index is 1010. The molecular formula is C26H31O2P. The Kier molecular flexibility index (Phi) is 7.65. The molecule has 29 heavy (non-hydrogen) atoms. The van der Waals surface area contributed by atoms with Crippen LogP contribution in [0.4, 0.5) is 0 Å². The van der Waals surface area contributed by atoms with E-state index >= 15 is 0 Å². The molecule has 1 unspecified atom stereocenters. The molecular weight excluding hydrogens is 375 g/mol. The van der Waals surface area contributed by atoms with Gasteiger partial charge in [-0.15, -0.1) is 8.19 Å². The molecule has 1 atom stereocenters. The van der Waals surface area contributed by atoms with E-state index in [1.165, 1.54) is 22.0 Å². The number of hydrogen-bond donors (Lipinski definition) is 1. The molecule has 152 valence electrons. The molecule has 0 saturated carbocycles. The van der Waals surface area contributed by atoms with Crippen LogP contribution in [0.2, 0.25) is 0 Å². The van der Waals surface area contributed by atoms with Crippen LogP contribution < -0.4 is 0 Å². The fourth-order valence-corrected chi connectivity index (χ4v) is 5.14. The molecule has 0 fully saturated rings. The van der Waals surface area contributed by atoms with Gasteiger partial charge in [-0.1, -0.05) is 43.9 Å². The van der Waals surface area contributed by atoms with Crippen LogP contribution in [0.15, 0.2) is 60.2 Å². The topological polar surface area (TPSA) is 37.3 Å². The molecule has 2 aromatic rings. The summed E-state index contributed by atoms with van der Waals surface area (Å²) in [5, 5.41) is 12.1. The van der Waals surface area contributed by atoms with Gasteiger partial charge in [0, 0.05) is 0 Å². The Labute approximate surface area is 176 Å². The number of carboxylic acids is 1. The average Bonchev–Trinajstić information content (AvgIpc) is 3.00. The van der Waals surface area contributed by atoms with E-state index in [0.717, 1.165) is 36.9 Å². The van der Waals surface area contributed by atoms with Crippen LogP contribution in [-0.4, -0.2) is 11.1 Å². The first-order valence-electron chi connectivity index (χ1n) is 9.97. The quantitative estimate of drug-likeness (QED) is 0.481. The van der Waals surface area contributed by atoms with Crippen molar-refractivity contribution in [3.8, 4) is 0 Å². The highest BCUT2D eigenvalue weighted by Gasteiger charge is 2.14. The molecule has 0 aliphatic rings. The van der Waals surface area contributed by atoms with Crippen molar-refractivity contribution in [2.45, 2.75) is 48.0 Å². The van der Waals surface area contributed by atoms with Crippen LogP contribution in [0.5, 0.6) is 0 Å². The maximum Gasteiger partial charge on any atom is 0.335 e. The second-order valence-electron chi connectivity index (χ2n) is 7.22. The summed E-state index contributed by atoms with van der Waals surface area (Å²) in [7, 11) is 0.798. The molecule has 0 radical (unpaired) electrons. The van der Waals surface area contributed by atoms with Gasteiger partial charge in [0.2, 0.25) is 0 Å². The Balaban J connectivity index is 2.39. The van der Waals surface area contributed by atoms with Crippen molar-refractivity contribution < 1.29 is 9.90 Å².